The van der Waals surface area contributed by atoms with Gasteiger partial charge >= 0.3 is 0 Å². The zero-order chi connectivity index (χ0) is 16.4. The number of ether oxygens (including phenoxy) is 1. The fourth-order valence-corrected chi connectivity index (χ4v) is 3.47. The Balaban J connectivity index is 1.90. The molecule has 1 unspecified atom stereocenters. The summed E-state index contributed by atoms with van der Waals surface area (Å²) in [6, 6.07) is 14.3. The molecule has 0 bridgehead atoms. The van der Waals surface area contributed by atoms with Crippen LogP contribution in [-0.4, -0.2) is 24.5 Å². The van der Waals surface area contributed by atoms with E-state index in [4.69, 9.17) is 4.74 Å². The molecule has 0 N–H and O–H groups in total. The molecule has 1 fully saturated rings. The van der Waals surface area contributed by atoms with Crippen LogP contribution in [0, 0.1) is 13.8 Å². The SMILES string of the molecule is COc1cccc(C2CCCN2C(=O)c2cc(C)cc(C)c2)c1. The Hall–Kier alpha value is -2.29. The van der Waals surface area contributed by atoms with Gasteiger partial charge in [-0.05, 0) is 56.5 Å². The third-order valence-corrected chi connectivity index (χ3v) is 4.46. The second kappa shape index (κ2) is 6.45. The maximum absolute atomic E-state index is 13.0. The molecule has 1 saturated heterocycles. The number of hydrogen-bond acceptors (Lipinski definition) is 2. The zero-order valence-electron chi connectivity index (χ0n) is 14.0. The fourth-order valence-electron chi connectivity index (χ4n) is 3.47. The normalized spacial score (nSPS) is 17.3. The molecular weight excluding hydrogens is 286 g/mol. The van der Waals surface area contributed by atoms with Gasteiger partial charge < -0.3 is 9.64 Å². The van der Waals surface area contributed by atoms with Gasteiger partial charge in [-0.2, -0.15) is 0 Å². The number of nitrogens with zero attached hydrogens (tertiary/aromatic N) is 1. The highest BCUT2D eigenvalue weighted by atomic mass is 16.5. The van der Waals surface area contributed by atoms with Crippen LogP contribution in [0.3, 0.4) is 0 Å². The van der Waals surface area contributed by atoms with E-state index >= 15 is 0 Å². The average molecular weight is 309 g/mol. The van der Waals surface area contributed by atoms with Crippen molar-refractivity contribution < 1.29 is 9.53 Å². The molecular formula is C20H23NO2. The smallest absolute Gasteiger partial charge is 0.254 e. The van der Waals surface area contributed by atoms with Crippen LogP contribution in [0.15, 0.2) is 42.5 Å². The van der Waals surface area contributed by atoms with Gasteiger partial charge in [0.25, 0.3) is 5.91 Å². The highest BCUT2D eigenvalue weighted by Crippen LogP contribution is 2.34. The molecule has 2 aromatic carbocycles. The van der Waals surface area contributed by atoms with Crippen molar-refractivity contribution in [1.82, 2.24) is 4.90 Å². The first kappa shape index (κ1) is 15.6. The highest BCUT2D eigenvalue weighted by molar-refractivity contribution is 5.95. The number of benzene rings is 2. The molecule has 23 heavy (non-hydrogen) atoms. The summed E-state index contributed by atoms with van der Waals surface area (Å²) in [5.41, 5.74) is 4.20. The van der Waals surface area contributed by atoms with Crippen molar-refractivity contribution in [2.45, 2.75) is 32.7 Å². The molecule has 1 atom stereocenters. The molecule has 2 aromatic rings. The number of aryl methyl sites for hydroxylation is 2. The van der Waals surface area contributed by atoms with E-state index in [1.54, 1.807) is 7.11 Å². The molecule has 1 aliphatic rings. The average Bonchev–Trinajstić information content (AvgIpc) is 3.03. The van der Waals surface area contributed by atoms with Crippen LogP contribution in [-0.2, 0) is 0 Å². The summed E-state index contributed by atoms with van der Waals surface area (Å²) in [5.74, 6) is 0.968. The van der Waals surface area contributed by atoms with Gasteiger partial charge in [0.2, 0.25) is 0 Å². The summed E-state index contributed by atoms with van der Waals surface area (Å²) in [7, 11) is 1.67. The minimum atomic E-state index is 0.127. The fraction of sp³-hybridized carbons (Fsp3) is 0.350. The summed E-state index contributed by atoms with van der Waals surface area (Å²) >= 11 is 0. The number of carbonyl (C=O) groups is 1. The van der Waals surface area contributed by atoms with E-state index in [2.05, 4.69) is 12.1 Å². The Kier molecular flexibility index (Phi) is 4.37. The maximum atomic E-state index is 13.0. The van der Waals surface area contributed by atoms with Gasteiger partial charge in [0.15, 0.2) is 0 Å². The molecule has 3 nitrogen and oxygen atoms in total. The van der Waals surface area contributed by atoms with E-state index in [0.29, 0.717) is 0 Å². The first-order valence-corrected chi connectivity index (χ1v) is 8.11. The maximum Gasteiger partial charge on any atom is 0.254 e. The summed E-state index contributed by atoms with van der Waals surface area (Å²) in [6.07, 6.45) is 2.04. The Morgan fingerprint density at radius 2 is 1.87 bits per heavy atom. The Labute approximate surface area is 137 Å². The summed E-state index contributed by atoms with van der Waals surface area (Å²) in [6.45, 7) is 4.88. The van der Waals surface area contributed by atoms with Gasteiger partial charge in [-0.3, -0.25) is 4.79 Å². The van der Waals surface area contributed by atoms with E-state index in [9.17, 15) is 4.79 Å². The van der Waals surface area contributed by atoms with E-state index in [1.165, 1.54) is 0 Å². The van der Waals surface area contributed by atoms with E-state index < -0.39 is 0 Å². The molecule has 0 aliphatic carbocycles. The van der Waals surface area contributed by atoms with E-state index in [-0.39, 0.29) is 11.9 Å². The number of hydrogen-bond donors (Lipinski definition) is 0. The molecule has 3 heteroatoms. The van der Waals surface area contributed by atoms with Crippen LogP contribution >= 0.6 is 0 Å². The largest absolute Gasteiger partial charge is 0.497 e. The van der Waals surface area contributed by atoms with Gasteiger partial charge in [0.1, 0.15) is 5.75 Å². The minimum absolute atomic E-state index is 0.127. The second-order valence-electron chi connectivity index (χ2n) is 6.31. The van der Waals surface area contributed by atoms with Crippen LogP contribution in [0.2, 0.25) is 0 Å². The summed E-state index contributed by atoms with van der Waals surface area (Å²) in [4.78, 5) is 15.0. The lowest BCUT2D eigenvalue weighted by molar-refractivity contribution is 0.0735. The number of amides is 1. The van der Waals surface area contributed by atoms with E-state index in [0.717, 1.165) is 47.4 Å². The Morgan fingerprint density at radius 3 is 2.57 bits per heavy atom. The lowest BCUT2D eigenvalue weighted by atomic mass is 10.0. The van der Waals surface area contributed by atoms with Gasteiger partial charge in [-0.1, -0.05) is 29.3 Å². The highest BCUT2D eigenvalue weighted by Gasteiger charge is 2.30. The molecule has 0 aromatic heterocycles. The molecule has 1 heterocycles. The van der Waals surface area contributed by atoms with Crippen LogP contribution in [0.1, 0.15) is 45.9 Å². The number of rotatable bonds is 3. The molecule has 0 saturated carbocycles. The lowest BCUT2D eigenvalue weighted by Crippen LogP contribution is -2.30. The summed E-state index contributed by atoms with van der Waals surface area (Å²) in [5, 5.41) is 0. The standard InChI is InChI=1S/C20H23NO2/c1-14-10-15(2)12-17(11-14)20(22)21-9-5-8-19(21)16-6-4-7-18(13-16)23-3/h4,6-7,10-13,19H,5,8-9H2,1-3H3. The lowest BCUT2D eigenvalue weighted by Gasteiger charge is -2.26. The van der Waals surface area contributed by atoms with Crippen LogP contribution in [0.4, 0.5) is 0 Å². The monoisotopic (exact) mass is 309 g/mol. The van der Waals surface area contributed by atoms with Crippen molar-refractivity contribution in [3.63, 3.8) is 0 Å². The van der Waals surface area contributed by atoms with Crippen LogP contribution in [0.5, 0.6) is 5.75 Å². The molecule has 120 valence electrons. The van der Waals surface area contributed by atoms with Gasteiger partial charge in [0, 0.05) is 12.1 Å². The van der Waals surface area contributed by atoms with Crippen LogP contribution in [0.25, 0.3) is 0 Å². The molecule has 0 radical (unpaired) electrons. The van der Waals surface area contributed by atoms with Crippen LogP contribution < -0.4 is 4.74 Å². The van der Waals surface area contributed by atoms with Crippen molar-refractivity contribution in [3.8, 4) is 5.75 Å². The number of carbonyl (C=O) groups excluding carboxylic acids is 1. The number of likely N-dealkylation sites (tertiary alicyclic amines) is 1. The van der Waals surface area contributed by atoms with Gasteiger partial charge in [-0.15, -0.1) is 0 Å². The predicted octanol–water partition coefficient (Wildman–Crippen LogP) is 4.29. The first-order valence-electron chi connectivity index (χ1n) is 8.11. The molecule has 3 rings (SSSR count). The third kappa shape index (κ3) is 3.24. The minimum Gasteiger partial charge on any atom is -0.497 e. The molecule has 1 aliphatic heterocycles. The van der Waals surface area contributed by atoms with Gasteiger partial charge in [0.05, 0.1) is 13.2 Å². The van der Waals surface area contributed by atoms with Gasteiger partial charge in [-0.25, -0.2) is 0 Å². The predicted molar refractivity (Wildman–Crippen MR) is 91.9 cm³/mol. The third-order valence-electron chi connectivity index (χ3n) is 4.46. The second-order valence-corrected chi connectivity index (χ2v) is 6.31. The molecule has 1 amide bonds. The van der Waals surface area contributed by atoms with Crippen molar-refractivity contribution in [2.24, 2.45) is 0 Å². The Bertz CT molecular complexity index is 703. The zero-order valence-corrected chi connectivity index (χ0v) is 14.0. The van der Waals surface area contributed by atoms with Crippen molar-refractivity contribution in [2.75, 3.05) is 13.7 Å². The van der Waals surface area contributed by atoms with Crippen molar-refractivity contribution >= 4 is 5.91 Å². The summed E-state index contributed by atoms with van der Waals surface area (Å²) < 4.78 is 5.32. The quantitative estimate of drug-likeness (QED) is 0.846. The Morgan fingerprint density at radius 1 is 1.13 bits per heavy atom. The van der Waals surface area contributed by atoms with E-state index in [1.807, 2.05) is 49.1 Å². The van der Waals surface area contributed by atoms with Crippen molar-refractivity contribution in [3.05, 3.63) is 64.7 Å². The topological polar surface area (TPSA) is 29.5 Å². The first-order chi connectivity index (χ1) is 11.1. The number of methoxy groups -OCH3 is 1. The molecule has 0 spiro atoms. The van der Waals surface area contributed by atoms with Crippen molar-refractivity contribution in [1.29, 1.82) is 0 Å².